The third kappa shape index (κ3) is 7.05. The molecule has 0 spiro atoms. The van der Waals surface area contributed by atoms with Crippen molar-refractivity contribution >= 4 is 15.9 Å². The van der Waals surface area contributed by atoms with Crippen molar-refractivity contribution in [3.8, 4) is 0 Å². The molecule has 0 bridgehead atoms. The first-order chi connectivity index (χ1) is 9.34. The lowest BCUT2D eigenvalue weighted by molar-refractivity contribution is 0.302. The Kier molecular flexibility index (Phi) is 6.83. The number of hydrazine groups is 1. The van der Waals surface area contributed by atoms with Crippen LogP contribution in [0.15, 0.2) is 23.0 Å². The molecule has 1 N–H and O–H groups in total. The predicted octanol–water partition coefficient (Wildman–Crippen LogP) is 5.09. The zero-order valence-corrected chi connectivity index (χ0v) is 13.5. The minimum atomic E-state index is 1.11. The normalized spacial score (nSPS) is 18.4. The fourth-order valence-electron chi connectivity index (χ4n) is 2.54. The maximum atomic E-state index is 3.44. The fourth-order valence-corrected chi connectivity index (χ4v) is 2.76. The topological polar surface area (TPSA) is 15.3 Å². The first-order valence-electron chi connectivity index (χ1n) is 7.91. The van der Waals surface area contributed by atoms with Crippen LogP contribution in [0.2, 0.25) is 0 Å². The molecule has 0 unspecified atom stereocenters. The van der Waals surface area contributed by atoms with Gasteiger partial charge in [-0.1, -0.05) is 57.8 Å². The van der Waals surface area contributed by atoms with E-state index in [0.29, 0.717) is 0 Å². The summed E-state index contributed by atoms with van der Waals surface area (Å²) in [6.45, 7) is 1.11. The van der Waals surface area contributed by atoms with E-state index in [2.05, 4.69) is 38.6 Å². The van der Waals surface area contributed by atoms with Gasteiger partial charge in [-0.3, -0.25) is 5.01 Å². The summed E-state index contributed by atoms with van der Waals surface area (Å²) in [5.74, 6) is 1.12. The minimum absolute atomic E-state index is 1.11. The first kappa shape index (κ1) is 15.0. The van der Waals surface area contributed by atoms with Crippen LogP contribution in [0.4, 0.5) is 0 Å². The molecule has 2 aliphatic rings. The molecule has 108 valence electrons. The van der Waals surface area contributed by atoms with E-state index in [0.717, 1.165) is 16.9 Å². The summed E-state index contributed by atoms with van der Waals surface area (Å²) in [6, 6.07) is 0. The van der Waals surface area contributed by atoms with Gasteiger partial charge < -0.3 is 5.43 Å². The third-order valence-electron chi connectivity index (χ3n) is 3.99. The van der Waals surface area contributed by atoms with Crippen molar-refractivity contribution < 1.29 is 0 Å². The highest BCUT2D eigenvalue weighted by molar-refractivity contribution is 9.11. The molecule has 3 heteroatoms. The van der Waals surface area contributed by atoms with Gasteiger partial charge in [-0.05, 0) is 34.3 Å². The Morgan fingerprint density at radius 3 is 2.37 bits per heavy atom. The van der Waals surface area contributed by atoms with E-state index in [-0.39, 0.29) is 0 Å². The summed E-state index contributed by atoms with van der Waals surface area (Å²) >= 11 is 3.44. The van der Waals surface area contributed by atoms with Crippen molar-refractivity contribution in [1.82, 2.24) is 10.4 Å². The molecule has 1 saturated carbocycles. The summed E-state index contributed by atoms with van der Waals surface area (Å²) in [6.07, 6.45) is 20.6. The summed E-state index contributed by atoms with van der Waals surface area (Å²) in [4.78, 5) is 0. The number of unbranched alkanes of at least 4 members (excludes halogenated alkanes) is 6. The van der Waals surface area contributed by atoms with Gasteiger partial charge in [-0.2, -0.15) is 0 Å². The van der Waals surface area contributed by atoms with E-state index in [1.165, 1.54) is 64.2 Å². The lowest BCUT2D eigenvalue weighted by Crippen LogP contribution is -2.31. The lowest BCUT2D eigenvalue weighted by Gasteiger charge is -2.22. The molecule has 0 aromatic heterocycles. The number of allylic oxidation sites excluding steroid dienone is 2. The predicted molar refractivity (Wildman–Crippen MR) is 85.7 cm³/mol. The van der Waals surface area contributed by atoms with E-state index in [4.69, 9.17) is 0 Å². The van der Waals surface area contributed by atoms with Crippen LogP contribution in [-0.2, 0) is 0 Å². The molecule has 2 rings (SSSR count). The maximum Gasteiger partial charge on any atom is 0.0386 e. The van der Waals surface area contributed by atoms with Crippen molar-refractivity contribution in [2.24, 2.45) is 5.92 Å². The van der Waals surface area contributed by atoms with Gasteiger partial charge in [-0.25, -0.2) is 0 Å². The SMILES string of the molecule is BrC1=CNN(CCCCCCCCCC2CC2)C=C1. The Hall–Kier alpha value is -0.440. The molecule has 1 fully saturated rings. The second-order valence-electron chi connectivity index (χ2n) is 5.87. The van der Waals surface area contributed by atoms with E-state index in [1.807, 2.05) is 6.20 Å². The van der Waals surface area contributed by atoms with Crippen molar-refractivity contribution in [2.45, 2.75) is 64.2 Å². The van der Waals surface area contributed by atoms with Gasteiger partial charge in [0.15, 0.2) is 0 Å². The number of hydrogen-bond donors (Lipinski definition) is 1. The largest absolute Gasteiger partial charge is 0.305 e. The Morgan fingerprint density at radius 2 is 1.74 bits per heavy atom. The molecule has 0 atom stereocenters. The number of hydrogen-bond acceptors (Lipinski definition) is 2. The quantitative estimate of drug-likeness (QED) is 0.562. The van der Waals surface area contributed by atoms with Gasteiger partial charge in [0.1, 0.15) is 0 Å². The van der Waals surface area contributed by atoms with Crippen LogP contribution in [0, 0.1) is 5.92 Å². The third-order valence-corrected chi connectivity index (χ3v) is 4.48. The van der Waals surface area contributed by atoms with Crippen molar-refractivity contribution in [2.75, 3.05) is 6.54 Å². The molecule has 19 heavy (non-hydrogen) atoms. The van der Waals surface area contributed by atoms with E-state index in [1.54, 1.807) is 0 Å². The maximum absolute atomic E-state index is 3.44. The number of nitrogens with zero attached hydrogens (tertiary/aromatic N) is 1. The van der Waals surface area contributed by atoms with Crippen LogP contribution >= 0.6 is 15.9 Å². The first-order valence-corrected chi connectivity index (χ1v) is 8.70. The number of nitrogens with one attached hydrogen (secondary N) is 1. The second-order valence-corrected chi connectivity index (χ2v) is 6.79. The van der Waals surface area contributed by atoms with Crippen LogP contribution in [0.5, 0.6) is 0 Å². The van der Waals surface area contributed by atoms with Crippen LogP contribution in [0.3, 0.4) is 0 Å². The molecule has 0 saturated heterocycles. The van der Waals surface area contributed by atoms with Crippen molar-refractivity contribution in [1.29, 1.82) is 0 Å². The zero-order valence-electron chi connectivity index (χ0n) is 11.9. The van der Waals surface area contributed by atoms with Crippen LogP contribution in [-0.4, -0.2) is 11.6 Å². The average Bonchev–Trinajstić information content (AvgIpc) is 3.23. The van der Waals surface area contributed by atoms with Gasteiger partial charge >= 0.3 is 0 Å². The van der Waals surface area contributed by atoms with Gasteiger partial charge in [-0.15, -0.1) is 0 Å². The van der Waals surface area contributed by atoms with Crippen LogP contribution in [0.1, 0.15) is 64.2 Å². The van der Waals surface area contributed by atoms with E-state index in [9.17, 15) is 0 Å². The molecule has 0 amide bonds. The Bertz CT molecular complexity index is 308. The Labute approximate surface area is 126 Å². The molecule has 2 nitrogen and oxygen atoms in total. The van der Waals surface area contributed by atoms with Gasteiger partial charge in [0, 0.05) is 23.4 Å². The molecular formula is C16H27BrN2. The molecule has 0 radical (unpaired) electrons. The zero-order chi connectivity index (χ0) is 13.3. The highest BCUT2D eigenvalue weighted by Gasteiger charge is 2.19. The standard InChI is InChI=1S/C16H27BrN2/c17-16-11-13-19(18-14-16)12-7-5-3-1-2-4-6-8-15-9-10-15/h11,13-15,18H,1-10,12H2. The number of halogens is 1. The van der Waals surface area contributed by atoms with Gasteiger partial charge in [0.25, 0.3) is 0 Å². The summed E-state index contributed by atoms with van der Waals surface area (Å²) in [5.41, 5.74) is 3.24. The average molecular weight is 327 g/mol. The molecule has 0 aromatic rings. The van der Waals surface area contributed by atoms with Crippen LogP contribution in [0.25, 0.3) is 0 Å². The Balaban J connectivity index is 1.33. The highest BCUT2D eigenvalue weighted by atomic mass is 79.9. The number of rotatable bonds is 10. The van der Waals surface area contributed by atoms with Gasteiger partial charge in [0.05, 0.1) is 0 Å². The summed E-state index contributed by atoms with van der Waals surface area (Å²) in [7, 11) is 0. The molecule has 1 heterocycles. The van der Waals surface area contributed by atoms with E-state index < -0.39 is 0 Å². The molecule has 1 aliphatic heterocycles. The van der Waals surface area contributed by atoms with Crippen LogP contribution < -0.4 is 5.43 Å². The van der Waals surface area contributed by atoms with Gasteiger partial charge in [0.2, 0.25) is 0 Å². The van der Waals surface area contributed by atoms with Crippen molar-refractivity contribution in [3.63, 3.8) is 0 Å². The molecule has 0 aromatic carbocycles. The lowest BCUT2D eigenvalue weighted by atomic mass is 10.1. The van der Waals surface area contributed by atoms with Crippen molar-refractivity contribution in [3.05, 3.63) is 23.0 Å². The minimum Gasteiger partial charge on any atom is -0.305 e. The Morgan fingerprint density at radius 1 is 1.05 bits per heavy atom. The second kappa shape index (κ2) is 8.68. The van der Waals surface area contributed by atoms with E-state index >= 15 is 0 Å². The summed E-state index contributed by atoms with van der Waals surface area (Å²) < 4.78 is 1.11. The monoisotopic (exact) mass is 326 g/mol. The highest BCUT2D eigenvalue weighted by Crippen LogP contribution is 2.34. The smallest absolute Gasteiger partial charge is 0.0386 e. The molecular weight excluding hydrogens is 300 g/mol. The fraction of sp³-hybridized carbons (Fsp3) is 0.750. The summed E-state index contributed by atoms with van der Waals surface area (Å²) in [5, 5.41) is 2.15. The molecule has 1 aliphatic carbocycles.